The summed E-state index contributed by atoms with van der Waals surface area (Å²) in [4.78, 5) is 81.4. The van der Waals surface area contributed by atoms with Crippen LogP contribution in [-0.2, 0) is 25.6 Å². The van der Waals surface area contributed by atoms with Crippen molar-refractivity contribution in [2.75, 3.05) is 46.4 Å². The zero-order valence-corrected chi connectivity index (χ0v) is 40.1. The molecule has 4 aromatic rings. The molecular formula is C51H63N11O8. The smallest absolute Gasteiger partial charge is 0.255 e. The number of amides is 5. The van der Waals surface area contributed by atoms with Crippen molar-refractivity contribution < 1.29 is 38.2 Å². The van der Waals surface area contributed by atoms with Crippen molar-refractivity contribution in [2.45, 2.75) is 89.6 Å². The van der Waals surface area contributed by atoms with E-state index in [0.717, 1.165) is 23.7 Å². The van der Waals surface area contributed by atoms with Gasteiger partial charge in [-0.2, -0.15) is 5.26 Å². The molecule has 19 nitrogen and oxygen atoms in total. The second-order valence-electron chi connectivity index (χ2n) is 18.1. The van der Waals surface area contributed by atoms with E-state index in [-0.39, 0.29) is 63.9 Å². The lowest BCUT2D eigenvalue weighted by atomic mass is 9.93. The lowest BCUT2D eigenvalue weighted by Crippen LogP contribution is -2.56. The molecule has 0 radical (unpaired) electrons. The molecule has 3 aromatic carbocycles. The minimum atomic E-state index is -1.41. The average Bonchev–Trinajstić information content (AvgIpc) is 3.98. The van der Waals surface area contributed by atoms with Crippen molar-refractivity contribution in [1.29, 1.82) is 5.26 Å². The van der Waals surface area contributed by atoms with Crippen LogP contribution in [0.1, 0.15) is 77.9 Å². The van der Waals surface area contributed by atoms with Crippen molar-refractivity contribution in [3.63, 3.8) is 0 Å². The topological polar surface area (TPSA) is 292 Å². The van der Waals surface area contributed by atoms with E-state index in [2.05, 4.69) is 21.3 Å². The molecule has 0 spiro atoms. The Kier molecular flexibility index (Phi) is 16.7. The Labute approximate surface area is 407 Å². The highest BCUT2D eigenvalue weighted by atomic mass is 16.5. The van der Waals surface area contributed by atoms with E-state index in [1.54, 1.807) is 50.2 Å². The van der Waals surface area contributed by atoms with Gasteiger partial charge in [-0.1, -0.05) is 12.1 Å². The van der Waals surface area contributed by atoms with Crippen molar-refractivity contribution in [3.05, 3.63) is 88.7 Å². The summed E-state index contributed by atoms with van der Waals surface area (Å²) in [7, 11) is 1.42. The summed E-state index contributed by atoms with van der Waals surface area (Å²) in [6.45, 7) is 5.19. The molecule has 2 heterocycles. The minimum Gasteiger partial charge on any atom is -0.492 e. The van der Waals surface area contributed by atoms with Crippen LogP contribution in [0.2, 0.25) is 0 Å². The molecule has 2 fully saturated rings. The maximum atomic E-state index is 14.8. The molecule has 1 aromatic heterocycles. The summed E-state index contributed by atoms with van der Waals surface area (Å²) in [5.41, 5.74) is 21.3. The van der Waals surface area contributed by atoms with E-state index < -0.39 is 53.7 Å². The van der Waals surface area contributed by atoms with Gasteiger partial charge in [0.1, 0.15) is 67.3 Å². The summed E-state index contributed by atoms with van der Waals surface area (Å²) in [6.07, 6.45) is 5.10. The van der Waals surface area contributed by atoms with Crippen LogP contribution in [0.5, 0.6) is 17.2 Å². The van der Waals surface area contributed by atoms with Crippen LogP contribution in [0.15, 0.2) is 60.7 Å². The van der Waals surface area contributed by atoms with Gasteiger partial charge in [-0.3, -0.25) is 24.0 Å². The third-order valence-corrected chi connectivity index (χ3v) is 13.2. The number of hydrogen-bond donors (Lipinski definition) is 7. The Morgan fingerprint density at radius 1 is 0.871 bits per heavy atom. The van der Waals surface area contributed by atoms with Gasteiger partial charge in [-0.15, -0.1) is 0 Å². The molecule has 1 aliphatic heterocycles. The number of carbonyl (C=O) groups is 5. The number of benzene rings is 3. The van der Waals surface area contributed by atoms with Crippen LogP contribution >= 0.6 is 0 Å². The summed E-state index contributed by atoms with van der Waals surface area (Å²) >= 11 is 0. The zero-order chi connectivity index (χ0) is 50.1. The SMILES string of the molecule is Cc1nc(-c2ccc(OC3CC4CCC3C4)cc2)nc(C)c1C(=O)NC(CCN)C(=O)N(C)[C@@H]1C(=O)N[C@@H](C)C(=O)N[C@H](C(=O)NCC#N)Cc2ccc(OCCN)c(c2)-c2cc1ccc2OCCN. The number of carbonyl (C=O) groups excluding carboxylic acids is 5. The first-order chi connectivity index (χ1) is 33.7. The molecule has 7 atom stereocenters. The molecule has 5 amide bonds. The fraction of sp³-hybridized carbons (Fsp3) is 0.451. The van der Waals surface area contributed by atoms with Gasteiger partial charge in [0.05, 0.1) is 23.0 Å². The van der Waals surface area contributed by atoms with Gasteiger partial charge in [-0.25, -0.2) is 9.97 Å². The quantitative estimate of drug-likeness (QED) is 0.0749. The third-order valence-electron chi connectivity index (χ3n) is 13.2. The maximum absolute atomic E-state index is 14.8. The summed E-state index contributed by atoms with van der Waals surface area (Å²) in [5, 5.41) is 20.0. The highest BCUT2D eigenvalue weighted by Gasteiger charge is 2.41. The summed E-state index contributed by atoms with van der Waals surface area (Å²) in [6, 6.07) is 14.7. The summed E-state index contributed by atoms with van der Waals surface area (Å²) < 4.78 is 18.6. The van der Waals surface area contributed by atoms with Crippen molar-refractivity contribution in [1.82, 2.24) is 36.1 Å². The van der Waals surface area contributed by atoms with E-state index in [1.165, 1.54) is 38.1 Å². The van der Waals surface area contributed by atoms with Gasteiger partial charge in [0.15, 0.2) is 5.82 Å². The van der Waals surface area contributed by atoms with Crippen molar-refractivity contribution in [3.8, 4) is 45.8 Å². The van der Waals surface area contributed by atoms with Crippen molar-refractivity contribution in [2.24, 2.45) is 29.0 Å². The van der Waals surface area contributed by atoms with Crippen LogP contribution in [0.4, 0.5) is 0 Å². The van der Waals surface area contributed by atoms with Gasteiger partial charge in [0, 0.05) is 43.2 Å². The van der Waals surface area contributed by atoms with Gasteiger partial charge in [0.25, 0.3) is 5.91 Å². The van der Waals surface area contributed by atoms with Crippen LogP contribution in [0.25, 0.3) is 22.5 Å². The number of nitrogens with one attached hydrogen (secondary N) is 4. The molecule has 7 rings (SSSR count). The highest BCUT2D eigenvalue weighted by molar-refractivity contribution is 6.00. The molecule has 19 heteroatoms. The van der Waals surface area contributed by atoms with Crippen LogP contribution in [0, 0.1) is 37.0 Å². The minimum absolute atomic E-state index is 0.000450. The molecule has 3 aliphatic rings. The Morgan fingerprint density at radius 3 is 2.16 bits per heavy atom. The monoisotopic (exact) mass is 957 g/mol. The first-order valence-corrected chi connectivity index (χ1v) is 23.8. The molecule has 6 bridgehead atoms. The standard InChI is InChI=1S/C51H63N11O8/c1-28-44(29(2)58-46(57-28)33-8-11-36(12-9-33)70-43-26-31-5-7-34(43)23-31)49(65)60-39(15-16-52)51(67)62(4)45-35-10-14-42(69-22-19-55)38(27-35)37-24-32(6-13-41(37)68-21-18-54)25-40(48(64)56-20-17-53)61-47(63)30(3)59-50(45)66/h6,8-14,24,27,30-31,34,39-40,43,45H,5,7,15-16,18-23,25-26,52,54-55H2,1-4H3,(H,56,64)(H,59,66)(H,60,65)(H,61,63)/t30-,31?,34?,39?,40-,43?,45-/m0/s1. The lowest BCUT2D eigenvalue weighted by Gasteiger charge is -2.32. The fourth-order valence-corrected chi connectivity index (χ4v) is 9.72. The number of rotatable bonds is 17. The molecule has 4 unspecified atom stereocenters. The van der Waals surface area contributed by atoms with Crippen LogP contribution < -0.4 is 52.7 Å². The molecule has 2 aliphatic carbocycles. The van der Waals surface area contributed by atoms with E-state index in [0.29, 0.717) is 56.9 Å². The number of nitriles is 1. The Morgan fingerprint density at radius 2 is 1.54 bits per heavy atom. The van der Waals surface area contributed by atoms with E-state index in [1.807, 2.05) is 30.3 Å². The van der Waals surface area contributed by atoms with Crippen molar-refractivity contribution >= 4 is 29.5 Å². The second-order valence-corrected chi connectivity index (χ2v) is 18.1. The molecule has 10 N–H and O–H groups in total. The molecular weight excluding hydrogens is 895 g/mol. The Bertz CT molecular complexity index is 2600. The lowest BCUT2D eigenvalue weighted by molar-refractivity contribution is -0.141. The van der Waals surface area contributed by atoms with Crippen LogP contribution in [0.3, 0.4) is 0 Å². The molecule has 370 valence electrons. The van der Waals surface area contributed by atoms with Crippen LogP contribution in [-0.4, -0.2) is 115 Å². The number of aromatic nitrogens is 2. The number of aryl methyl sites for hydroxylation is 2. The van der Waals surface area contributed by atoms with Gasteiger partial charge in [-0.05, 0) is 131 Å². The number of fused-ring (bicyclic) bond motifs is 7. The first-order valence-electron chi connectivity index (χ1n) is 23.8. The maximum Gasteiger partial charge on any atom is 0.255 e. The molecule has 0 saturated heterocycles. The van der Waals surface area contributed by atoms with E-state index in [9.17, 15) is 29.2 Å². The van der Waals surface area contributed by atoms with E-state index in [4.69, 9.17) is 41.4 Å². The fourth-order valence-electron chi connectivity index (χ4n) is 9.72. The van der Waals surface area contributed by atoms with E-state index >= 15 is 0 Å². The number of nitrogens with two attached hydrogens (primary N) is 3. The number of likely N-dealkylation sites (N-methyl/N-ethyl adjacent to an activating group) is 1. The molecule has 70 heavy (non-hydrogen) atoms. The second kappa shape index (κ2) is 23.0. The first kappa shape index (κ1) is 50.7. The highest BCUT2D eigenvalue weighted by Crippen LogP contribution is 2.46. The normalized spacial score (nSPS) is 21.0. The molecule has 2 saturated carbocycles. The zero-order valence-electron chi connectivity index (χ0n) is 40.1. The Balaban J connectivity index is 1.19. The Hall–Kier alpha value is -7.14. The third kappa shape index (κ3) is 11.6. The predicted molar refractivity (Wildman–Crippen MR) is 260 cm³/mol. The predicted octanol–water partition coefficient (Wildman–Crippen LogP) is 2.50. The average molecular weight is 958 g/mol. The van der Waals surface area contributed by atoms with Gasteiger partial charge >= 0.3 is 0 Å². The number of hydrogen-bond acceptors (Lipinski definition) is 14. The summed E-state index contributed by atoms with van der Waals surface area (Å²) in [5.74, 6) is 0.0254. The number of ether oxygens (including phenoxy) is 3. The van der Waals surface area contributed by atoms with Gasteiger partial charge < -0.3 is 57.6 Å². The largest absolute Gasteiger partial charge is 0.492 e. The number of nitrogens with zero attached hydrogens (tertiary/aromatic N) is 4. The van der Waals surface area contributed by atoms with Gasteiger partial charge in [0.2, 0.25) is 23.6 Å².